The summed E-state index contributed by atoms with van der Waals surface area (Å²) in [4.78, 5) is 11.9. The van der Waals surface area contributed by atoms with Crippen molar-refractivity contribution in [3.8, 4) is 0 Å². The van der Waals surface area contributed by atoms with Gasteiger partial charge in [0, 0.05) is 18.9 Å². The van der Waals surface area contributed by atoms with Crippen molar-refractivity contribution in [2.24, 2.45) is 5.92 Å². The molecule has 4 nitrogen and oxygen atoms in total. The zero-order valence-corrected chi connectivity index (χ0v) is 12.5. The molecule has 0 aromatic rings. The highest BCUT2D eigenvalue weighted by Crippen LogP contribution is 2.34. The average Bonchev–Trinajstić information content (AvgIpc) is 2.38. The van der Waals surface area contributed by atoms with Crippen molar-refractivity contribution in [3.05, 3.63) is 11.3 Å². The molecule has 0 saturated carbocycles. The molecule has 0 aromatic carbocycles. The van der Waals surface area contributed by atoms with E-state index in [1.165, 1.54) is 20.0 Å². The van der Waals surface area contributed by atoms with Crippen LogP contribution in [0.5, 0.6) is 0 Å². The first-order chi connectivity index (χ1) is 9.13. The van der Waals surface area contributed by atoms with Crippen LogP contribution in [-0.2, 0) is 19.0 Å². The van der Waals surface area contributed by atoms with E-state index in [4.69, 9.17) is 14.2 Å². The van der Waals surface area contributed by atoms with Gasteiger partial charge in [0.15, 0.2) is 6.29 Å². The Morgan fingerprint density at radius 1 is 1.37 bits per heavy atom. The van der Waals surface area contributed by atoms with Crippen LogP contribution in [0, 0.1) is 5.92 Å². The highest BCUT2D eigenvalue weighted by molar-refractivity contribution is 5.89. The number of hydrogen-bond donors (Lipinski definition) is 0. The van der Waals surface area contributed by atoms with Gasteiger partial charge in [0.05, 0.1) is 12.7 Å². The van der Waals surface area contributed by atoms with Crippen molar-refractivity contribution < 1.29 is 19.0 Å². The molecule has 1 rings (SSSR count). The van der Waals surface area contributed by atoms with Gasteiger partial charge in [-0.2, -0.15) is 0 Å². The lowest BCUT2D eigenvalue weighted by Gasteiger charge is -2.31. The zero-order valence-electron chi connectivity index (χ0n) is 12.5. The number of hydrogen-bond acceptors (Lipinski definition) is 4. The van der Waals surface area contributed by atoms with E-state index in [-0.39, 0.29) is 18.2 Å². The Hall–Kier alpha value is -1.03. The van der Waals surface area contributed by atoms with E-state index in [0.29, 0.717) is 17.9 Å². The molecule has 19 heavy (non-hydrogen) atoms. The molecule has 4 heteroatoms. The molecule has 0 aromatic heterocycles. The average molecular weight is 270 g/mol. The van der Waals surface area contributed by atoms with Crippen LogP contribution in [0.25, 0.3) is 0 Å². The summed E-state index contributed by atoms with van der Waals surface area (Å²) in [5.74, 6) is 0.566. The van der Waals surface area contributed by atoms with Crippen LogP contribution >= 0.6 is 0 Å². The third-order valence-electron chi connectivity index (χ3n) is 3.49. The summed E-state index contributed by atoms with van der Waals surface area (Å²) in [5, 5.41) is 0. The summed E-state index contributed by atoms with van der Waals surface area (Å²) in [5.41, 5.74) is 0.689. The predicted octanol–water partition coefficient (Wildman–Crippen LogP) is 3.41. The first-order valence-corrected chi connectivity index (χ1v) is 7.21. The van der Waals surface area contributed by atoms with Gasteiger partial charge < -0.3 is 14.2 Å². The van der Waals surface area contributed by atoms with E-state index in [0.717, 1.165) is 19.3 Å². The van der Waals surface area contributed by atoms with E-state index < -0.39 is 0 Å². The van der Waals surface area contributed by atoms with Crippen molar-refractivity contribution in [1.82, 2.24) is 0 Å². The molecule has 0 saturated heterocycles. The summed E-state index contributed by atoms with van der Waals surface area (Å²) in [6.07, 6.45) is 4.97. The maximum Gasteiger partial charge on any atom is 0.337 e. The lowest BCUT2D eigenvalue weighted by Crippen LogP contribution is -2.31. The van der Waals surface area contributed by atoms with Gasteiger partial charge in [-0.15, -0.1) is 0 Å². The van der Waals surface area contributed by atoms with Gasteiger partial charge >= 0.3 is 5.97 Å². The molecular formula is C15H26O4. The second-order valence-corrected chi connectivity index (χ2v) is 4.89. The van der Waals surface area contributed by atoms with Gasteiger partial charge in [-0.3, -0.25) is 0 Å². The number of methoxy groups -OCH3 is 1. The molecule has 1 heterocycles. The molecule has 0 aliphatic carbocycles. The van der Waals surface area contributed by atoms with Crippen molar-refractivity contribution in [2.45, 2.75) is 59.2 Å². The topological polar surface area (TPSA) is 44.8 Å². The number of carbonyl (C=O) groups excluding carboxylic acids is 1. The first-order valence-electron chi connectivity index (χ1n) is 7.21. The van der Waals surface area contributed by atoms with E-state index in [1.54, 1.807) is 0 Å². The van der Waals surface area contributed by atoms with Gasteiger partial charge in [-0.25, -0.2) is 4.79 Å². The second-order valence-electron chi connectivity index (χ2n) is 4.89. The van der Waals surface area contributed by atoms with Crippen LogP contribution in [0.1, 0.15) is 52.9 Å². The quantitative estimate of drug-likeness (QED) is 0.525. The number of esters is 1. The molecule has 0 spiro atoms. The lowest BCUT2D eigenvalue weighted by atomic mass is 9.87. The summed E-state index contributed by atoms with van der Waals surface area (Å²) >= 11 is 0. The Balaban J connectivity index is 2.79. The summed E-state index contributed by atoms with van der Waals surface area (Å²) < 4.78 is 16.1. The Morgan fingerprint density at radius 2 is 2.11 bits per heavy atom. The smallest absolute Gasteiger partial charge is 0.337 e. The maximum atomic E-state index is 11.9. The highest BCUT2D eigenvalue weighted by Gasteiger charge is 2.33. The van der Waals surface area contributed by atoms with Crippen LogP contribution in [0.2, 0.25) is 0 Å². The Bertz CT molecular complexity index is 322. The Labute approximate surface area is 116 Å². The van der Waals surface area contributed by atoms with E-state index in [2.05, 4.69) is 6.92 Å². The second kappa shape index (κ2) is 8.20. The molecule has 0 N–H and O–H groups in total. The van der Waals surface area contributed by atoms with E-state index >= 15 is 0 Å². The molecule has 1 aliphatic rings. The van der Waals surface area contributed by atoms with Crippen LogP contribution in [0.15, 0.2) is 11.3 Å². The fourth-order valence-electron chi connectivity index (χ4n) is 2.56. The molecule has 0 unspecified atom stereocenters. The highest BCUT2D eigenvalue weighted by atomic mass is 16.7. The number of ether oxygens (including phenoxy) is 3. The third-order valence-corrected chi connectivity index (χ3v) is 3.49. The number of allylic oxidation sites excluding steroid dienone is 1. The molecule has 0 fully saturated rings. The van der Waals surface area contributed by atoms with Crippen LogP contribution < -0.4 is 0 Å². The van der Waals surface area contributed by atoms with E-state index in [9.17, 15) is 4.79 Å². The van der Waals surface area contributed by atoms with Crippen LogP contribution in [0.4, 0.5) is 0 Å². The monoisotopic (exact) mass is 270 g/mol. The lowest BCUT2D eigenvalue weighted by molar-refractivity contribution is -0.147. The fourth-order valence-corrected chi connectivity index (χ4v) is 2.56. The minimum atomic E-state index is -0.269. The van der Waals surface area contributed by atoms with Gasteiger partial charge in [0.1, 0.15) is 5.76 Å². The normalized spacial score (nSPS) is 23.2. The third kappa shape index (κ3) is 4.53. The largest absolute Gasteiger partial charge is 0.469 e. The SMILES string of the molecule is CCCCC[C@@H]1C[C@H](OCC)OC(C)=C1C(=O)OC. The minimum Gasteiger partial charge on any atom is -0.469 e. The number of unbranched alkanes of at least 4 members (excludes halogenated alkanes) is 2. The molecule has 0 amide bonds. The standard InChI is InChI=1S/C15H26O4/c1-5-7-8-9-12-10-13(18-6-2)19-11(3)14(12)15(16)17-4/h12-13H,5-10H2,1-4H3/t12-,13-/m1/s1. The molecule has 1 aliphatic heterocycles. The van der Waals surface area contributed by atoms with Crippen molar-refractivity contribution in [2.75, 3.05) is 13.7 Å². The fraction of sp³-hybridized carbons (Fsp3) is 0.800. The van der Waals surface area contributed by atoms with Crippen molar-refractivity contribution in [3.63, 3.8) is 0 Å². The summed E-state index contributed by atoms with van der Waals surface area (Å²) in [6, 6.07) is 0. The first kappa shape index (κ1) is 16.0. The minimum absolute atomic E-state index is 0.185. The van der Waals surface area contributed by atoms with Gasteiger partial charge in [0.2, 0.25) is 0 Å². The van der Waals surface area contributed by atoms with Gasteiger partial charge in [-0.1, -0.05) is 26.2 Å². The van der Waals surface area contributed by atoms with Crippen LogP contribution in [-0.4, -0.2) is 26.0 Å². The van der Waals surface area contributed by atoms with Gasteiger partial charge in [-0.05, 0) is 20.3 Å². The van der Waals surface area contributed by atoms with Crippen molar-refractivity contribution in [1.29, 1.82) is 0 Å². The zero-order chi connectivity index (χ0) is 14.3. The molecular weight excluding hydrogens is 244 g/mol. The van der Waals surface area contributed by atoms with E-state index in [1.807, 2.05) is 13.8 Å². The van der Waals surface area contributed by atoms with Gasteiger partial charge in [0.25, 0.3) is 0 Å². The predicted molar refractivity (Wildman–Crippen MR) is 73.5 cm³/mol. The van der Waals surface area contributed by atoms with Crippen molar-refractivity contribution >= 4 is 5.97 Å². The number of rotatable bonds is 7. The summed E-state index contributed by atoms with van der Waals surface area (Å²) in [6.45, 7) is 6.57. The number of carbonyl (C=O) groups is 1. The molecule has 110 valence electrons. The maximum absolute atomic E-state index is 11.9. The molecule has 0 bridgehead atoms. The molecule has 0 radical (unpaired) electrons. The van der Waals surface area contributed by atoms with Crippen LogP contribution in [0.3, 0.4) is 0 Å². The Kier molecular flexibility index (Phi) is 6.92. The summed E-state index contributed by atoms with van der Waals surface area (Å²) in [7, 11) is 1.42. The molecule has 2 atom stereocenters. The Morgan fingerprint density at radius 3 is 2.68 bits per heavy atom.